The minimum atomic E-state index is -4.83. The zero-order valence-electron chi connectivity index (χ0n) is 11.5. The number of hydrogen-bond acceptors (Lipinski definition) is 6. The second-order valence-electron chi connectivity index (χ2n) is 4.18. The number of ether oxygens (including phenoxy) is 2. The first-order valence-corrected chi connectivity index (χ1v) is 5.99. The first-order chi connectivity index (χ1) is 10.7. The van der Waals surface area contributed by atoms with Crippen LogP contribution in [0.2, 0.25) is 0 Å². The van der Waals surface area contributed by atoms with Crippen molar-refractivity contribution in [1.29, 1.82) is 0 Å². The number of aromatic amines is 1. The number of hydrogen-bond donors (Lipinski definition) is 2. The highest BCUT2D eigenvalue weighted by Crippen LogP contribution is 2.25. The fraction of sp³-hybridized carbons (Fsp3) is 0.154. The van der Waals surface area contributed by atoms with Gasteiger partial charge in [-0.2, -0.15) is 0 Å². The monoisotopic (exact) mass is 330 g/mol. The van der Waals surface area contributed by atoms with Gasteiger partial charge in [-0.05, 0) is 24.3 Å². The average molecular weight is 330 g/mol. The van der Waals surface area contributed by atoms with E-state index < -0.39 is 35.1 Å². The number of methoxy groups -OCH3 is 1. The SMILES string of the molecule is COC(=O)c1nc(-c2ccc(OC(F)(F)F)cc2)[nH]c(=O)c1O. The number of aromatic hydroxyl groups is 1. The Balaban J connectivity index is 2.41. The van der Waals surface area contributed by atoms with Gasteiger partial charge in [-0.25, -0.2) is 9.78 Å². The van der Waals surface area contributed by atoms with Crippen LogP contribution in [0.3, 0.4) is 0 Å². The highest BCUT2D eigenvalue weighted by molar-refractivity contribution is 5.90. The third-order valence-corrected chi connectivity index (χ3v) is 2.63. The topological polar surface area (TPSA) is 102 Å². The van der Waals surface area contributed by atoms with Crippen LogP contribution in [0.25, 0.3) is 11.4 Å². The summed E-state index contributed by atoms with van der Waals surface area (Å²) in [7, 11) is 1.04. The van der Waals surface area contributed by atoms with E-state index in [1.807, 2.05) is 0 Å². The number of benzene rings is 1. The molecule has 0 saturated heterocycles. The number of esters is 1. The largest absolute Gasteiger partial charge is 0.573 e. The molecule has 0 aliphatic rings. The van der Waals surface area contributed by atoms with Crippen molar-refractivity contribution in [2.24, 2.45) is 0 Å². The predicted octanol–water partition coefficient (Wildman–Crippen LogP) is 1.83. The highest BCUT2D eigenvalue weighted by Gasteiger charge is 2.31. The average Bonchev–Trinajstić information content (AvgIpc) is 2.48. The van der Waals surface area contributed by atoms with Crippen LogP contribution in [0.1, 0.15) is 10.5 Å². The van der Waals surface area contributed by atoms with Crippen molar-refractivity contribution in [3.8, 4) is 22.9 Å². The van der Waals surface area contributed by atoms with Gasteiger partial charge in [-0.15, -0.1) is 13.2 Å². The molecule has 0 aliphatic heterocycles. The van der Waals surface area contributed by atoms with Gasteiger partial charge < -0.3 is 19.6 Å². The number of carbonyl (C=O) groups is 1. The van der Waals surface area contributed by atoms with E-state index in [0.29, 0.717) is 0 Å². The van der Waals surface area contributed by atoms with Crippen LogP contribution in [0.5, 0.6) is 11.5 Å². The Bertz CT molecular complexity index is 784. The first-order valence-electron chi connectivity index (χ1n) is 5.99. The molecule has 0 aliphatic carbocycles. The molecule has 2 N–H and O–H groups in total. The van der Waals surface area contributed by atoms with E-state index >= 15 is 0 Å². The minimum absolute atomic E-state index is 0.133. The first kappa shape index (κ1) is 16.3. The number of aromatic nitrogens is 2. The predicted molar refractivity (Wildman–Crippen MR) is 70.0 cm³/mol. The van der Waals surface area contributed by atoms with Crippen molar-refractivity contribution in [3.05, 3.63) is 40.3 Å². The molecule has 1 aromatic carbocycles. The zero-order valence-corrected chi connectivity index (χ0v) is 11.5. The molecule has 2 aromatic rings. The summed E-state index contributed by atoms with van der Waals surface area (Å²) in [5, 5.41) is 9.49. The molecule has 0 amide bonds. The van der Waals surface area contributed by atoms with Crippen LogP contribution in [0.15, 0.2) is 29.1 Å². The van der Waals surface area contributed by atoms with E-state index in [0.717, 1.165) is 19.2 Å². The standard InChI is InChI=1S/C13H9F3N2O5/c1-22-12(21)8-9(19)11(20)18-10(17-8)6-2-4-7(5-3-6)23-13(14,15)16/h2-5,19H,1H3,(H,17,18,20). The zero-order chi connectivity index (χ0) is 17.2. The number of rotatable bonds is 3. The lowest BCUT2D eigenvalue weighted by atomic mass is 10.2. The maximum Gasteiger partial charge on any atom is 0.573 e. The summed E-state index contributed by atoms with van der Waals surface area (Å²) in [6.45, 7) is 0. The third-order valence-electron chi connectivity index (χ3n) is 2.63. The summed E-state index contributed by atoms with van der Waals surface area (Å²) in [6.07, 6.45) is -4.83. The molecule has 0 unspecified atom stereocenters. The number of nitrogens with one attached hydrogen (secondary N) is 1. The molecule has 0 atom stereocenters. The molecule has 2 rings (SSSR count). The van der Waals surface area contributed by atoms with Gasteiger partial charge >= 0.3 is 12.3 Å². The summed E-state index contributed by atoms with van der Waals surface area (Å²) >= 11 is 0. The van der Waals surface area contributed by atoms with Crippen molar-refractivity contribution >= 4 is 5.97 Å². The Labute approximate surface area is 126 Å². The fourth-order valence-corrected chi connectivity index (χ4v) is 1.66. The molecule has 23 heavy (non-hydrogen) atoms. The summed E-state index contributed by atoms with van der Waals surface area (Å²) in [4.78, 5) is 28.9. The molecule has 0 bridgehead atoms. The van der Waals surface area contributed by atoms with Gasteiger partial charge in [-0.1, -0.05) is 0 Å². The Hall–Kier alpha value is -3.04. The summed E-state index contributed by atoms with van der Waals surface area (Å²) in [5.74, 6) is -2.55. The number of halogens is 3. The van der Waals surface area contributed by atoms with Crippen LogP contribution in [0.4, 0.5) is 13.2 Å². The Kier molecular flexibility index (Phi) is 4.25. The lowest BCUT2D eigenvalue weighted by molar-refractivity contribution is -0.274. The second-order valence-corrected chi connectivity index (χ2v) is 4.18. The highest BCUT2D eigenvalue weighted by atomic mass is 19.4. The van der Waals surface area contributed by atoms with E-state index in [9.17, 15) is 27.9 Å². The Morgan fingerprint density at radius 2 is 1.87 bits per heavy atom. The Morgan fingerprint density at radius 1 is 1.26 bits per heavy atom. The van der Waals surface area contributed by atoms with Crippen molar-refractivity contribution in [1.82, 2.24) is 9.97 Å². The molecule has 1 heterocycles. The molecule has 1 aromatic heterocycles. The van der Waals surface area contributed by atoms with E-state index in [-0.39, 0.29) is 11.4 Å². The number of carbonyl (C=O) groups excluding carboxylic acids is 1. The van der Waals surface area contributed by atoms with Crippen LogP contribution in [0, 0.1) is 0 Å². The van der Waals surface area contributed by atoms with Crippen LogP contribution >= 0.6 is 0 Å². The minimum Gasteiger partial charge on any atom is -0.501 e. The van der Waals surface area contributed by atoms with E-state index in [2.05, 4.69) is 19.4 Å². The normalized spacial score (nSPS) is 11.1. The maximum atomic E-state index is 12.1. The van der Waals surface area contributed by atoms with Gasteiger partial charge in [0.25, 0.3) is 5.56 Å². The summed E-state index contributed by atoms with van der Waals surface area (Å²) in [6, 6.07) is 4.40. The fourth-order valence-electron chi connectivity index (χ4n) is 1.66. The van der Waals surface area contributed by atoms with E-state index in [1.165, 1.54) is 12.1 Å². The van der Waals surface area contributed by atoms with E-state index in [4.69, 9.17) is 0 Å². The summed E-state index contributed by atoms with van der Waals surface area (Å²) in [5.41, 5.74) is -1.41. The van der Waals surface area contributed by atoms with Crippen molar-refractivity contribution < 1.29 is 32.5 Å². The lowest BCUT2D eigenvalue weighted by Crippen LogP contribution is -2.17. The lowest BCUT2D eigenvalue weighted by Gasteiger charge is -2.09. The van der Waals surface area contributed by atoms with Crippen LogP contribution < -0.4 is 10.3 Å². The number of H-pyrrole nitrogens is 1. The molecule has 7 nitrogen and oxygen atoms in total. The van der Waals surface area contributed by atoms with Crippen molar-refractivity contribution in [2.75, 3.05) is 7.11 Å². The van der Waals surface area contributed by atoms with Gasteiger partial charge in [-0.3, -0.25) is 4.79 Å². The quantitative estimate of drug-likeness (QED) is 0.833. The molecule has 122 valence electrons. The molecule has 10 heteroatoms. The summed E-state index contributed by atoms with van der Waals surface area (Å²) < 4.78 is 44.3. The van der Waals surface area contributed by atoms with Gasteiger partial charge in [0.1, 0.15) is 11.6 Å². The van der Waals surface area contributed by atoms with Gasteiger partial charge in [0.05, 0.1) is 7.11 Å². The second kappa shape index (κ2) is 5.99. The smallest absolute Gasteiger partial charge is 0.501 e. The third kappa shape index (κ3) is 3.78. The van der Waals surface area contributed by atoms with Gasteiger partial charge in [0.15, 0.2) is 5.69 Å². The van der Waals surface area contributed by atoms with Crippen LogP contribution in [-0.2, 0) is 4.74 Å². The van der Waals surface area contributed by atoms with Gasteiger partial charge in [0.2, 0.25) is 5.75 Å². The van der Waals surface area contributed by atoms with Crippen molar-refractivity contribution in [2.45, 2.75) is 6.36 Å². The molecule has 0 saturated carbocycles. The Morgan fingerprint density at radius 3 is 2.39 bits per heavy atom. The number of alkyl halides is 3. The van der Waals surface area contributed by atoms with Crippen molar-refractivity contribution in [3.63, 3.8) is 0 Å². The molecule has 0 radical (unpaired) electrons. The van der Waals surface area contributed by atoms with Crippen LogP contribution in [-0.4, -0.2) is 34.5 Å². The van der Waals surface area contributed by atoms with Gasteiger partial charge in [0, 0.05) is 5.56 Å². The molecule has 0 fully saturated rings. The molecular formula is C13H9F3N2O5. The number of nitrogens with zero attached hydrogens (tertiary/aromatic N) is 1. The molecular weight excluding hydrogens is 321 g/mol. The maximum absolute atomic E-state index is 12.1. The van der Waals surface area contributed by atoms with E-state index in [1.54, 1.807) is 0 Å². The molecule has 0 spiro atoms.